The molecule has 3 rings (SSSR count). The number of hydrogen-bond donors (Lipinski definition) is 3. The zero-order valence-electron chi connectivity index (χ0n) is 17.0. The molecule has 2 amide bonds. The molecule has 0 heterocycles. The van der Waals surface area contributed by atoms with Gasteiger partial charge in [0.25, 0.3) is 5.91 Å². The van der Waals surface area contributed by atoms with Crippen molar-refractivity contribution in [3.8, 4) is 5.75 Å². The molecule has 32 heavy (non-hydrogen) atoms. The van der Waals surface area contributed by atoms with Crippen molar-refractivity contribution in [2.24, 2.45) is 0 Å². The van der Waals surface area contributed by atoms with Gasteiger partial charge in [-0.25, -0.2) is 0 Å². The summed E-state index contributed by atoms with van der Waals surface area (Å²) in [6, 6.07) is 18.9. The van der Waals surface area contributed by atoms with Gasteiger partial charge in [-0.15, -0.1) is 13.2 Å². The van der Waals surface area contributed by atoms with Crippen LogP contribution in [0.3, 0.4) is 0 Å². The second-order valence-electron chi connectivity index (χ2n) is 6.77. The molecule has 0 aliphatic carbocycles. The van der Waals surface area contributed by atoms with Crippen LogP contribution in [-0.2, 0) is 4.79 Å². The molecule has 0 spiro atoms. The molecule has 3 aromatic carbocycles. The fraction of sp³-hybridized carbons (Fsp3) is 0.130. The van der Waals surface area contributed by atoms with Crippen LogP contribution in [0.5, 0.6) is 5.75 Å². The first-order chi connectivity index (χ1) is 15.2. The van der Waals surface area contributed by atoms with Crippen LogP contribution in [0.1, 0.15) is 15.9 Å². The molecule has 3 N–H and O–H groups in total. The normalized spacial score (nSPS) is 10.9. The minimum Gasteiger partial charge on any atom is -0.406 e. The SMILES string of the molecule is Cc1c(NCC(=O)Nc2ccc(OC(F)(F)F)cc2)cccc1NC(=O)c1ccccc1. The molecule has 0 atom stereocenters. The maximum absolute atomic E-state index is 12.4. The predicted molar refractivity (Wildman–Crippen MR) is 116 cm³/mol. The average molecular weight is 443 g/mol. The number of benzene rings is 3. The number of hydrogen-bond acceptors (Lipinski definition) is 4. The van der Waals surface area contributed by atoms with Crippen molar-refractivity contribution in [1.29, 1.82) is 0 Å². The van der Waals surface area contributed by atoms with E-state index < -0.39 is 12.3 Å². The van der Waals surface area contributed by atoms with Gasteiger partial charge in [0.1, 0.15) is 5.75 Å². The molecule has 166 valence electrons. The molecule has 0 saturated heterocycles. The summed E-state index contributed by atoms with van der Waals surface area (Å²) in [6.07, 6.45) is -4.78. The van der Waals surface area contributed by atoms with Gasteiger partial charge in [-0.3, -0.25) is 9.59 Å². The highest BCUT2D eigenvalue weighted by Crippen LogP contribution is 2.25. The Labute approximate surface area is 182 Å². The predicted octanol–water partition coefficient (Wildman–Crippen LogP) is 5.20. The summed E-state index contributed by atoms with van der Waals surface area (Å²) in [5, 5.41) is 8.42. The van der Waals surface area contributed by atoms with E-state index in [-0.39, 0.29) is 18.2 Å². The summed E-state index contributed by atoms with van der Waals surface area (Å²) in [7, 11) is 0. The summed E-state index contributed by atoms with van der Waals surface area (Å²) >= 11 is 0. The first kappa shape index (κ1) is 22.7. The van der Waals surface area contributed by atoms with E-state index in [2.05, 4.69) is 20.7 Å². The molecule has 0 bridgehead atoms. The molecular formula is C23H20F3N3O3. The summed E-state index contributed by atoms with van der Waals surface area (Å²) in [5.41, 5.74) is 2.85. The number of carbonyl (C=O) groups is 2. The van der Waals surface area contributed by atoms with Gasteiger partial charge in [0.05, 0.1) is 6.54 Å². The quantitative estimate of drug-likeness (QED) is 0.469. The second-order valence-corrected chi connectivity index (χ2v) is 6.77. The first-order valence-corrected chi connectivity index (χ1v) is 9.57. The van der Waals surface area contributed by atoms with Crippen LogP contribution in [0.15, 0.2) is 72.8 Å². The fourth-order valence-corrected chi connectivity index (χ4v) is 2.87. The minimum atomic E-state index is -4.78. The Bertz CT molecular complexity index is 1090. The Morgan fingerprint density at radius 1 is 0.844 bits per heavy atom. The number of amides is 2. The Hall–Kier alpha value is -4.01. The van der Waals surface area contributed by atoms with Crippen molar-refractivity contribution in [2.45, 2.75) is 13.3 Å². The van der Waals surface area contributed by atoms with Crippen LogP contribution in [0, 0.1) is 6.92 Å². The van der Waals surface area contributed by atoms with Crippen molar-refractivity contribution >= 4 is 28.9 Å². The Balaban J connectivity index is 1.57. The molecule has 0 aromatic heterocycles. The third-order valence-electron chi connectivity index (χ3n) is 4.43. The fourth-order valence-electron chi connectivity index (χ4n) is 2.87. The zero-order valence-corrected chi connectivity index (χ0v) is 17.0. The van der Waals surface area contributed by atoms with E-state index in [1.807, 2.05) is 6.07 Å². The summed E-state index contributed by atoms with van der Waals surface area (Å²) in [6.45, 7) is 1.72. The van der Waals surface area contributed by atoms with Gasteiger partial charge in [0.2, 0.25) is 5.91 Å². The highest BCUT2D eigenvalue weighted by molar-refractivity contribution is 6.05. The smallest absolute Gasteiger partial charge is 0.406 e. The summed E-state index contributed by atoms with van der Waals surface area (Å²) in [4.78, 5) is 24.6. The van der Waals surface area contributed by atoms with Crippen LogP contribution in [-0.4, -0.2) is 24.7 Å². The van der Waals surface area contributed by atoms with Gasteiger partial charge in [-0.2, -0.15) is 0 Å². The highest BCUT2D eigenvalue weighted by Gasteiger charge is 2.30. The highest BCUT2D eigenvalue weighted by atomic mass is 19.4. The van der Waals surface area contributed by atoms with E-state index in [0.29, 0.717) is 22.6 Å². The van der Waals surface area contributed by atoms with E-state index >= 15 is 0 Å². The van der Waals surface area contributed by atoms with E-state index in [1.54, 1.807) is 49.4 Å². The molecule has 0 unspecified atom stereocenters. The van der Waals surface area contributed by atoms with Crippen LogP contribution >= 0.6 is 0 Å². The van der Waals surface area contributed by atoms with Crippen LogP contribution in [0.25, 0.3) is 0 Å². The number of nitrogens with one attached hydrogen (secondary N) is 3. The lowest BCUT2D eigenvalue weighted by atomic mass is 10.1. The topological polar surface area (TPSA) is 79.5 Å². The van der Waals surface area contributed by atoms with Gasteiger partial charge in [-0.1, -0.05) is 24.3 Å². The average Bonchev–Trinajstić information content (AvgIpc) is 2.75. The van der Waals surface area contributed by atoms with E-state index in [1.165, 1.54) is 12.1 Å². The first-order valence-electron chi connectivity index (χ1n) is 9.57. The van der Waals surface area contributed by atoms with Crippen molar-refractivity contribution in [2.75, 3.05) is 22.5 Å². The number of anilines is 3. The van der Waals surface area contributed by atoms with Crippen LogP contribution < -0.4 is 20.7 Å². The van der Waals surface area contributed by atoms with Crippen molar-refractivity contribution in [3.05, 3.63) is 83.9 Å². The van der Waals surface area contributed by atoms with E-state index in [0.717, 1.165) is 17.7 Å². The molecule has 3 aromatic rings. The van der Waals surface area contributed by atoms with Gasteiger partial charge in [0, 0.05) is 22.6 Å². The molecule has 6 nitrogen and oxygen atoms in total. The number of ether oxygens (including phenoxy) is 1. The maximum atomic E-state index is 12.4. The van der Waals surface area contributed by atoms with E-state index in [9.17, 15) is 22.8 Å². The molecule has 0 fully saturated rings. The summed E-state index contributed by atoms with van der Waals surface area (Å²) in [5.74, 6) is -1.02. The molecular weight excluding hydrogens is 423 g/mol. The third-order valence-corrected chi connectivity index (χ3v) is 4.43. The van der Waals surface area contributed by atoms with Gasteiger partial charge < -0.3 is 20.7 Å². The van der Waals surface area contributed by atoms with Gasteiger partial charge in [-0.05, 0) is 61.0 Å². The van der Waals surface area contributed by atoms with Crippen LogP contribution in [0.2, 0.25) is 0 Å². The second kappa shape index (κ2) is 9.86. The molecule has 0 radical (unpaired) electrons. The zero-order chi connectivity index (χ0) is 23.1. The summed E-state index contributed by atoms with van der Waals surface area (Å²) < 4.78 is 40.4. The van der Waals surface area contributed by atoms with Crippen molar-refractivity contribution in [3.63, 3.8) is 0 Å². The van der Waals surface area contributed by atoms with Crippen LogP contribution in [0.4, 0.5) is 30.2 Å². The van der Waals surface area contributed by atoms with Gasteiger partial charge in [0.15, 0.2) is 0 Å². The molecule has 0 saturated carbocycles. The maximum Gasteiger partial charge on any atom is 0.573 e. The molecule has 0 aliphatic heterocycles. The lowest BCUT2D eigenvalue weighted by molar-refractivity contribution is -0.274. The van der Waals surface area contributed by atoms with E-state index in [4.69, 9.17) is 0 Å². The Morgan fingerprint density at radius 3 is 2.16 bits per heavy atom. The number of carbonyl (C=O) groups excluding carboxylic acids is 2. The monoisotopic (exact) mass is 443 g/mol. The van der Waals surface area contributed by atoms with Gasteiger partial charge >= 0.3 is 6.36 Å². The Kier molecular flexibility index (Phi) is 6.99. The standard InChI is InChI=1S/C23H20F3N3O3/c1-15-19(8-5-9-20(15)29-22(31)16-6-3-2-4-7-16)27-14-21(30)28-17-10-12-18(13-11-17)32-23(24,25)26/h2-13,27H,14H2,1H3,(H,28,30)(H,29,31). The number of alkyl halides is 3. The van der Waals surface area contributed by atoms with Crippen molar-refractivity contribution in [1.82, 2.24) is 0 Å². The van der Waals surface area contributed by atoms with Crippen molar-refractivity contribution < 1.29 is 27.5 Å². The number of rotatable bonds is 7. The largest absolute Gasteiger partial charge is 0.573 e. The Morgan fingerprint density at radius 2 is 1.50 bits per heavy atom. The lowest BCUT2D eigenvalue weighted by Crippen LogP contribution is -2.22. The molecule has 9 heteroatoms. The molecule has 0 aliphatic rings. The number of halogens is 3. The third kappa shape index (κ3) is 6.49. The minimum absolute atomic E-state index is 0.0856. The lowest BCUT2D eigenvalue weighted by Gasteiger charge is -2.14.